The Bertz CT molecular complexity index is 575. The molecule has 0 radical (unpaired) electrons. The summed E-state index contributed by atoms with van der Waals surface area (Å²) in [5.41, 5.74) is 0. The van der Waals surface area contributed by atoms with Gasteiger partial charge in [0.05, 0.1) is 25.5 Å². The van der Waals surface area contributed by atoms with Crippen molar-refractivity contribution in [1.82, 2.24) is 24.7 Å². The second kappa shape index (κ2) is 10.1. The van der Waals surface area contributed by atoms with Gasteiger partial charge in [-0.2, -0.15) is 0 Å². The van der Waals surface area contributed by atoms with Gasteiger partial charge in [-0.05, 0) is 38.6 Å². The highest BCUT2D eigenvalue weighted by atomic mass is 16.5. The van der Waals surface area contributed by atoms with E-state index in [1.54, 1.807) is 7.11 Å². The van der Waals surface area contributed by atoms with Crippen molar-refractivity contribution in [2.24, 2.45) is 10.9 Å². The monoisotopic (exact) mass is 376 g/mol. The van der Waals surface area contributed by atoms with Crippen LogP contribution in [0.1, 0.15) is 39.2 Å². The van der Waals surface area contributed by atoms with Crippen molar-refractivity contribution in [1.29, 1.82) is 0 Å². The quantitative estimate of drug-likeness (QED) is 0.581. The number of aromatic nitrogens is 2. The van der Waals surface area contributed by atoms with Crippen LogP contribution >= 0.6 is 0 Å². The lowest BCUT2D eigenvalue weighted by molar-refractivity contribution is 0.142. The second-order valence-corrected chi connectivity index (χ2v) is 7.81. The molecule has 1 aromatic rings. The first-order valence-electron chi connectivity index (χ1n) is 10.5. The fourth-order valence-corrected chi connectivity index (χ4v) is 4.32. The SMILES string of the molecule is CCNC(=NCC1CCCN1CCOC)N1CCC(C)C(n2ccnc2)C1. The molecular weight excluding hydrogens is 340 g/mol. The van der Waals surface area contributed by atoms with E-state index in [0.717, 1.165) is 45.3 Å². The number of piperidine rings is 1. The first-order chi connectivity index (χ1) is 13.2. The van der Waals surface area contributed by atoms with Gasteiger partial charge in [0.25, 0.3) is 0 Å². The van der Waals surface area contributed by atoms with E-state index in [0.29, 0.717) is 18.0 Å². The van der Waals surface area contributed by atoms with Gasteiger partial charge in [0.15, 0.2) is 5.96 Å². The van der Waals surface area contributed by atoms with Crippen LogP contribution in [0.5, 0.6) is 0 Å². The molecule has 27 heavy (non-hydrogen) atoms. The van der Waals surface area contributed by atoms with Gasteiger partial charge < -0.3 is 19.5 Å². The zero-order valence-corrected chi connectivity index (χ0v) is 17.2. The predicted molar refractivity (Wildman–Crippen MR) is 109 cm³/mol. The Morgan fingerprint density at radius 2 is 2.22 bits per heavy atom. The van der Waals surface area contributed by atoms with Crippen LogP contribution in [0.4, 0.5) is 0 Å². The molecule has 0 aliphatic carbocycles. The van der Waals surface area contributed by atoms with Crippen molar-refractivity contribution in [2.45, 2.75) is 45.2 Å². The zero-order chi connectivity index (χ0) is 19.1. The fourth-order valence-electron chi connectivity index (χ4n) is 4.32. The summed E-state index contributed by atoms with van der Waals surface area (Å²) in [6.07, 6.45) is 9.59. The van der Waals surface area contributed by atoms with Crippen LogP contribution in [0.15, 0.2) is 23.7 Å². The fraction of sp³-hybridized carbons (Fsp3) is 0.800. The molecule has 3 unspecified atom stereocenters. The van der Waals surface area contributed by atoms with Gasteiger partial charge in [0.2, 0.25) is 0 Å². The van der Waals surface area contributed by atoms with Crippen molar-refractivity contribution in [3.05, 3.63) is 18.7 Å². The van der Waals surface area contributed by atoms with Gasteiger partial charge in [-0.15, -0.1) is 0 Å². The lowest BCUT2D eigenvalue weighted by atomic mass is 9.93. The Morgan fingerprint density at radius 3 is 2.96 bits per heavy atom. The maximum absolute atomic E-state index is 5.26. The van der Waals surface area contributed by atoms with E-state index in [2.05, 4.69) is 44.7 Å². The second-order valence-electron chi connectivity index (χ2n) is 7.81. The average Bonchev–Trinajstić information content (AvgIpc) is 3.36. The van der Waals surface area contributed by atoms with E-state index in [1.165, 1.54) is 25.8 Å². The summed E-state index contributed by atoms with van der Waals surface area (Å²) >= 11 is 0. The maximum Gasteiger partial charge on any atom is 0.194 e. The summed E-state index contributed by atoms with van der Waals surface area (Å²) in [6.45, 7) is 11.3. The highest BCUT2D eigenvalue weighted by Gasteiger charge is 2.29. The number of hydrogen-bond donors (Lipinski definition) is 1. The van der Waals surface area contributed by atoms with E-state index in [-0.39, 0.29) is 0 Å². The summed E-state index contributed by atoms with van der Waals surface area (Å²) in [5.74, 6) is 1.71. The van der Waals surface area contributed by atoms with Gasteiger partial charge in [0, 0.05) is 51.7 Å². The first-order valence-corrected chi connectivity index (χ1v) is 10.5. The Morgan fingerprint density at radius 1 is 1.33 bits per heavy atom. The van der Waals surface area contributed by atoms with Gasteiger partial charge >= 0.3 is 0 Å². The van der Waals surface area contributed by atoms with Crippen LogP contribution < -0.4 is 5.32 Å². The van der Waals surface area contributed by atoms with Crippen molar-refractivity contribution < 1.29 is 4.74 Å². The molecule has 7 heteroatoms. The standard InChI is InChI=1S/C20H36N6O/c1-4-22-20(23-14-18-6-5-9-24(18)12-13-27-3)25-10-7-17(2)19(15-25)26-11-8-21-16-26/h8,11,16-19H,4-7,9-10,12-15H2,1-3H3,(H,22,23). The lowest BCUT2D eigenvalue weighted by Gasteiger charge is -2.39. The van der Waals surface area contributed by atoms with Crippen LogP contribution in [0, 0.1) is 5.92 Å². The van der Waals surface area contributed by atoms with Gasteiger partial charge in [-0.3, -0.25) is 9.89 Å². The highest BCUT2D eigenvalue weighted by Crippen LogP contribution is 2.27. The zero-order valence-electron chi connectivity index (χ0n) is 17.2. The minimum atomic E-state index is 0.454. The number of hydrogen-bond acceptors (Lipinski definition) is 4. The third-order valence-corrected chi connectivity index (χ3v) is 5.99. The van der Waals surface area contributed by atoms with E-state index in [9.17, 15) is 0 Å². The number of rotatable bonds is 7. The molecule has 152 valence electrons. The van der Waals surface area contributed by atoms with Crippen LogP contribution in [0.2, 0.25) is 0 Å². The Kier molecular flexibility index (Phi) is 7.52. The highest BCUT2D eigenvalue weighted by molar-refractivity contribution is 5.80. The molecule has 0 aromatic carbocycles. The molecule has 0 saturated carbocycles. The van der Waals surface area contributed by atoms with Crippen molar-refractivity contribution in [3.63, 3.8) is 0 Å². The van der Waals surface area contributed by atoms with Crippen molar-refractivity contribution in [2.75, 3.05) is 53.0 Å². The number of guanidine groups is 1. The van der Waals surface area contributed by atoms with Crippen LogP contribution in [-0.2, 0) is 4.74 Å². The van der Waals surface area contributed by atoms with Gasteiger partial charge in [0.1, 0.15) is 0 Å². The number of nitrogens with one attached hydrogen (secondary N) is 1. The average molecular weight is 377 g/mol. The first kappa shape index (κ1) is 20.1. The Hall–Kier alpha value is -1.60. The third kappa shape index (κ3) is 5.23. The smallest absolute Gasteiger partial charge is 0.194 e. The molecule has 1 N–H and O–H groups in total. The number of likely N-dealkylation sites (tertiary alicyclic amines) is 2. The molecule has 3 heterocycles. The number of imidazole rings is 1. The minimum Gasteiger partial charge on any atom is -0.383 e. The molecule has 2 fully saturated rings. The maximum atomic E-state index is 5.26. The number of ether oxygens (including phenoxy) is 1. The van der Waals surface area contributed by atoms with E-state index >= 15 is 0 Å². The molecule has 2 aliphatic heterocycles. The molecule has 3 atom stereocenters. The molecule has 0 amide bonds. The molecule has 0 bridgehead atoms. The number of nitrogens with zero attached hydrogens (tertiary/aromatic N) is 5. The van der Waals surface area contributed by atoms with Crippen LogP contribution in [0.3, 0.4) is 0 Å². The summed E-state index contributed by atoms with van der Waals surface area (Å²) in [7, 11) is 1.78. The predicted octanol–water partition coefficient (Wildman–Crippen LogP) is 1.84. The van der Waals surface area contributed by atoms with Crippen molar-refractivity contribution >= 4 is 5.96 Å². The van der Waals surface area contributed by atoms with Crippen LogP contribution in [0.25, 0.3) is 0 Å². The Labute approximate surface area is 163 Å². The summed E-state index contributed by atoms with van der Waals surface area (Å²) < 4.78 is 7.52. The van der Waals surface area contributed by atoms with Gasteiger partial charge in [-0.1, -0.05) is 6.92 Å². The summed E-state index contributed by atoms with van der Waals surface area (Å²) in [6, 6.07) is 0.997. The molecule has 7 nitrogen and oxygen atoms in total. The molecule has 2 aliphatic rings. The third-order valence-electron chi connectivity index (χ3n) is 5.99. The van der Waals surface area contributed by atoms with E-state index < -0.39 is 0 Å². The molecule has 0 spiro atoms. The van der Waals surface area contributed by atoms with Crippen molar-refractivity contribution in [3.8, 4) is 0 Å². The summed E-state index contributed by atoms with van der Waals surface area (Å²) in [4.78, 5) is 14.2. The Balaban J connectivity index is 1.64. The van der Waals surface area contributed by atoms with E-state index in [1.807, 2.05) is 12.5 Å². The molecular formula is C20H36N6O. The van der Waals surface area contributed by atoms with Gasteiger partial charge in [-0.25, -0.2) is 4.98 Å². The molecule has 1 aromatic heterocycles. The van der Waals surface area contributed by atoms with E-state index in [4.69, 9.17) is 9.73 Å². The normalized spacial score (nSPS) is 27.3. The molecule has 2 saturated heterocycles. The topological polar surface area (TPSA) is 57.9 Å². The minimum absolute atomic E-state index is 0.454. The van der Waals surface area contributed by atoms with Crippen LogP contribution in [-0.4, -0.2) is 84.3 Å². The summed E-state index contributed by atoms with van der Waals surface area (Å²) in [5, 5.41) is 3.52. The molecule has 3 rings (SSSR count). The lowest BCUT2D eigenvalue weighted by Crippen LogP contribution is -2.49. The number of aliphatic imine (C=N–C) groups is 1. The largest absolute Gasteiger partial charge is 0.383 e. The number of methoxy groups -OCH3 is 1.